The SMILES string of the molecule is CN(C=N)CCO. The molecule has 0 bridgehead atoms. The molecular formula is C4H10N2O. The van der Waals surface area contributed by atoms with Crippen LogP contribution < -0.4 is 0 Å². The lowest BCUT2D eigenvalue weighted by Crippen LogP contribution is -2.19. The summed E-state index contributed by atoms with van der Waals surface area (Å²) >= 11 is 0. The van der Waals surface area contributed by atoms with Crippen LogP contribution in [0.5, 0.6) is 0 Å². The first-order valence-electron chi connectivity index (χ1n) is 2.13. The molecule has 0 aromatic rings. The third kappa shape index (κ3) is 3.26. The number of hydrogen-bond donors (Lipinski definition) is 2. The maximum absolute atomic E-state index is 8.22. The Labute approximate surface area is 43.1 Å². The Hall–Kier alpha value is -0.570. The van der Waals surface area contributed by atoms with Crippen molar-refractivity contribution in [2.24, 2.45) is 0 Å². The van der Waals surface area contributed by atoms with Crippen molar-refractivity contribution in [3.05, 3.63) is 0 Å². The average molecular weight is 102 g/mol. The normalized spacial score (nSPS) is 8.29. The molecule has 0 radical (unpaired) electrons. The second kappa shape index (κ2) is 3.61. The molecule has 0 saturated heterocycles. The van der Waals surface area contributed by atoms with Crippen molar-refractivity contribution in [1.29, 1.82) is 5.41 Å². The number of aliphatic hydroxyl groups is 1. The monoisotopic (exact) mass is 102 g/mol. The summed E-state index contributed by atoms with van der Waals surface area (Å²) < 4.78 is 0. The van der Waals surface area contributed by atoms with Gasteiger partial charge in [-0.1, -0.05) is 0 Å². The zero-order valence-corrected chi connectivity index (χ0v) is 4.39. The molecule has 0 amide bonds. The fourth-order valence-corrected chi connectivity index (χ4v) is 0.222. The summed E-state index contributed by atoms with van der Waals surface area (Å²) in [5, 5.41) is 14.8. The van der Waals surface area contributed by atoms with Crippen LogP contribution in [0.3, 0.4) is 0 Å². The number of aliphatic hydroxyl groups excluding tert-OH is 1. The number of nitrogens with one attached hydrogen (secondary N) is 1. The van der Waals surface area contributed by atoms with E-state index in [0.717, 1.165) is 0 Å². The van der Waals surface area contributed by atoms with Crippen molar-refractivity contribution in [3.8, 4) is 0 Å². The smallest absolute Gasteiger partial charge is 0.0815 e. The summed E-state index contributed by atoms with van der Waals surface area (Å²) in [6, 6.07) is 0. The minimum absolute atomic E-state index is 0.117. The van der Waals surface area contributed by atoms with Crippen LogP contribution in [0.4, 0.5) is 0 Å². The van der Waals surface area contributed by atoms with Gasteiger partial charge in [0, 0.05) is 13.6 Å². The van der Waals surface area contributed by atoms with Crippen molar-refractivity contribution in [1.82, 2.24) is 4.90 Å². The second-order valence-electron chi connectivity index (χ2n) is 1.33. The predicted molar refractivity (Wildman–Crippen MR) is 28.5 cm³/mol. The van der Waals surface area contributed by atoms with Gasteiger partial charge in [0.05, 0.1) is 12.9 Å². The minimum Gasteiger partial charge on any atom is -0.395 e. The summed E-state index contributed by atoms with van der Waals surface area (Å²) in [6.07, 6.45) is 1.18. The summed E-state index contributed by atoms with van der Waals surface area (Å²) in [6.45, 7) is 0.662. The van der Waals surface area contributed by atoms with Crippen LogP contribution in [0.2, 0.25) is 0 Å². The van der Waals surface area contributed by atoms with Crippen LogP contribution >= 0.6 is 0 Å². The molecule has 0 spiro atoms. The van der Waals surface area contributed by atoms with E-state index in [-0.39, 0.29) is 6.61 Å². The molecule has 2 N–H and O–H groups in total. The highest BCUT2D eigenvalue weighted by molar-refractivity contribution is 5.49. The van der Waals surface area contributed by atoms with E-state index in [2.05, 4.69) is 0 Å². The molecule has 3 heteroatoms. The first-order valence-corrected chi connectivity index (χ1v) is 2.13. The quantitative estimate of drug-likeness (QED) is 0.373. The predicted octanol–water partition coefficient (Wildman–Crippen LogP) is -0.482. The van der Waals surface area contributed by atoms with E-state index in [1.165, 1.54) is 6.34 Å². The molecule has 0 unspecified atom stereocenters. The maximum atomic E-state index is 8.22. The largest absolute Gasteiger partial charge is 0.395 e. The molecular weight excluding hydrogens is 92.1 g/mol. The van der Waals surface area contributed by atoms with Crippen molar-refractivity contribution in [2.75, 3.05) is 20.2 Å². The zero-order chi connectivity index (χ0) is 5.70. The second-order valence-corrected chi connectivity index (χ2v) is 1.33. The van der Waals surface area contributed by atoms with Crippen LogP contribution in [0.15, 0.2) is 0 Å². The molecule has 3 nitrogen and oxygen atoms in total. The molecule has 0 aromatic heterocycles. The zero-order valence-electron chi connectivity index (χ0n) is 4.39. The highest BCUT2D eigenvalue weighted by atomic mass is 16.3. The Morgan fingerprint density at radius 1 is 1.86 bits per heavy atom. The van der Waals surface area contributed by atoms with Gasteiger partial charge in [-0.3, -0.25) is 5.41 Å². The summed E-state index contributed by atoms with van der Waals surface area (Å²) in [5.41, 5.74) is 0. The van der Waals surface area contributed by atoms with Crippen molar-refractivity contribution in [3.63, 3.8) is 0 Å². The minimum atomic E-state index is 0.117. The molecule has 0 atom stereocenters. The van der Waals surface area contributed by atoms with Gasteiger partial charge in [0.2, 0.25) is 0 Å². The van der Waals surface area contributed by atoms with Crippen LogP contribution in [0, 0.1) is 5.41 Å². The maximum Gasteiger partial charge on any atom is 0.0815 e. The fraction of sp³-hybridized carbons (Fsp3) is 0.750. The Morgan fingerprint density at radius 2 is 2.43 bits per heavy atom. The first-order chi connectivity index (χ1) is 3.31. The molecule has 7 heavy (non-hydrogen) atoms. The Bertz CT molecular complexity index is 55.7. The molecule has 0 aliphatic heterocycles. The van der Waals surface area contributed by atoms with Crippen molar-refractivity contribution < 1.29 is 5.11 Å². The van der Waals surface area contributed by atoms with Gasteiger partial charge in [-0.2, -0.15) is 0 Å². The molecule has 42 valence electrons. The Morgan fingerprint density at radius 3 is 2.57 bits per heavy atom. The molecule has 0 aliphatic rings. The van der Waals surface area contributed by atoms with Crippen LogP contribution in [0.1, 0.15) is 0 Å². The number of rotatable bonds is 3. The first kappa shape index (κ1) is 6.43. The number of nitrogens with zero attached hydrogens (tertiary/aromatic N) is 1. The lowest BCUT2D eigenvalue weighted by atomic mass is 10.6. The molecule has 0 aliphatic carbocycles. The lowest BCUT2D eigenvalue weighted by Gasteiger charge is -2.07. The van der Waals surface area contributed by atoms with Gasteiger partial charge in [0.25, 0.3) is 0 Å². The highest BCUT2D eigenvalue weighted by Crippen LogP contribution is 1.68. The van der Waals surface area contributed by atoms with E-state index in [9.17, 15) is 0 Å². The van der Waals surface area contributed by atoms with Gasteiger partial charge in [0.15, 0.2) is 0 Å². The molecule has 0 aromatic carbocycles. The Balaban J connectivity index is 2.98. The molecule has 0 fully saturated rings. The molecule has 0 heterocycles. The number of hydrogen-bond acceptors (Lipinski definition) is 2. The van der Waals surface area contributed by atoms with Crippen molar-refractivity contribution >= 4 is 6.34 Å². The fourth-order valence-electron chi connectivity index (χ4n) is 0.222. The van der Waals surface area contributed by atoms with E-state index in [4.69, 9.17) is 10.5 Å². The van der Waals surface area contributed by atoms with E-state index in [0.29, 0.717) is 6.54 Å². The summed E-state index contributed by atoms with van der Waals surface area (Å²) in [5.74, 6) is 0. The van der Waals surface area contributed by atoms with Crippen LogP contribution in [-0.2, 0) is 0 Å². The summed E-state index contributed by atoms with van der Waals surface area (Å²) in [7, 11) is 1.74. The third-order valence-corrected chi connectivity index (χ3v) is 0.673. The molecule has 0 rings (SSSR count). The lowest BCUT2D eigenvalue weighted by molar-refractivity contribution is 0.265. The number of likely N-dealkylation sites (N-methyl/N-ethyl adjacent to an activating group) is 1. The van der Waals surface area contributed by atoms with Gasteiger partial charge >= 0.3 is 0 Å². The van der Waals surface area contributed by atoms with E-state index >= 15 is 0 Å². The average Bonchev–Trinajstić information content (AvgIpc) is 1.68. The van der Waals surface area contributed by atoms with E-state index < -0.39 is 0 Å². The van der Waals surface area contributed by atoms with Gasteiger partial charge in [0.1, 0.15) is 0 Å². The van der Waals surface area contributed by atoms with Gasteiger partial charge < -0.3 is 10.0 Å². The van der Waals surface area contributed by atoms with Gasteiger partial charge in [-0.25, -0.2) is 0 Å². The topological polar surface area (TPSA) is 47.3 Å². The Kier molecular flexibility index (Phi) is 3.32. The van der Waals surface area contributed by atoms with Crippen LogP contribution in [-0.4, -0.2) is 36.5 Å². The van der Waals surface area contributed by atoms with Crippen LogP contribution in [0.25, 0.3) is 0 Å². The van der Waals surface area contributed by atoms with Gasteiger partial charge in [-0.05, 0) is 0 Å². The highest BCUT2D eigenvalue weighted by Gasteiger charge is 1.83. The third-order valence-electron chi connectivity index (χ3n) is 0.673. The molecule has 0 saturated carbocycles. The van der Waals surface area contributed by atoms with Crippen molar-refractivity contribution in [2.45, 2.75) is 0 Å². The van der Waals surface area contributed by atoms with E-state index in [1.807, 2.05) is 0 Å². The van der Waals surface area contributed by atoms with Gasteiger partial charge in [-0.15, -0.1) is 0 Å². The standard InChI is InChI=1S/C4H10N2O/c1-6(4-5)2-3-7/h4-5,7H,2-3H2,1H3. The summed E-state index contributed by atoms with van der Waals surface area (Å²) in [4.78, 5) is 1.60. The van der Waals surface area contributed by atoms with E-state index in [1.54, 1.807) is 11.9 Å².